The Morgan fingerprint density at radius 2 is 1.26 bits per heavy atom. The smallest absolute Gasteiger partial charge is 0.270 e. The quantitative estimate of drug-likeness (QED) is 0.113. The van der Waals surface area contributed by atoms with Crippen molar-refractivity contribution in [2.45, 2.75) is 76.9 Å². The molecule has 1 heterocycles. The van der Waals surface area contributed by atoms with Crippen molar-refractivity contribution in [3.8, 4) is 28.7 Å². The first-order valence-electron chi connectivity index (χ1n) is 16.4. The van der Waals surface area contributed by atoms with Crippen LogP contribution in [0, 0.1) is 10.1 Å². The zero-order chi connectivity index (χ0) is 32.5. The minimum atomic E-state index is -0.986. The molecule has 10 nitrogen and oxygen atoms in total. The number of phenolic OH excluding ortho intramolecular Hbond substituents is 1. The van der Waals surface area contributed by atoms with Crippen LogP contribution in [-0.4, -0.2) is 55.3 Å². The lowest BCUT2D eigenvalue weighted by atomic mass is 9.96. The zero-order valence-electron chi connectivity index (χ0n) is 26.8. The Balaban J connectivity index is 1.61. The molecule has 46 heavy (non-hydrogen) atoms. The Kier molecular flexibility index (Phi) is 14.3. The number of hydrogen-bond acceptors (Lipinski definition) is 9. The monoisotopic (exact) mass is 637 g/mol. The highest BCUT2D eigenvalue weighted by atomic mass is 16.6. The van der Waals surface area contributed by atoms with Crippen LogP contribution < -0.4 is 18.9 Å². The lowest BCUT2D eigenvalue weighted by Crippen LogP contribution is -2.45. The van der Waals surface area contributed by atoms with E-state index in [1.807, 2.05) is 48.5 Å². The molecule has 10 heteroatoms. The van der Waals surface area contributed by atoms with Gasteiger partial charge < -0.3 is 33.5 Å². The van der Waals surface area contributed by atoms with Gasteiger partial charge in [0.2, 0.25) is 0 Å². The number of non-ortho nitro benzene ring substituents is 1. The van der Waals surface area contributed by atoms with Crippen LogP contribution in [0.4, 0.5) is 5.69 Å². The maximum atomic E-state index is 11.5. The summed E-state index contributed by atoms with van der Waals surface area (Å²) in [6, 6.07) is 18.8. The number of nitro groups is 1. The average molecular weight is 638 g/mol. The van der Waals surface area contributed by atoms with E-state index in [1.165, 1.54) is 50.3 Å². The minimum absolute atomic E-state index is 0.0785. The predicted octanol–water partition coefficient (Wildman–Crippen LogP) is 8.03. The summed E-state index contributed by atoms with van der Waals surface area (Å²) in [5.41, 5.74) is -0.802. The molecular formula is C36H47NO9. The largest absolute Gasteiger partial charge is 0.508 e. The molecule has 0 saturated heterocycles. The van der Waals surface area contributed by atoms with Gasteiger partial charge in [0.25, 0.3) is 5.69 Å². The summed E-state index contributed by atoms with van der Waals surface area (Å²) in [4.78, 5) is 11.0. The first kappa shape index (κ1) is 34.8. The average Bonchev–Trinajstić information content (AvgIpc) is 3.07. The number of nitrogens with zero attached hydrogens (tertiary/aromatic N) is 1. The van der Waals surface area contributed by atoms with E-state index in [-0.39, 0.29) is 31.3 Å². The number of phenols is 1. The lowest BCUT2D eigenvalue weighted by molar-refractivity contribution is -0.385. The Bertz CT molecular complexity index is 1290. The van der Waals surface area contributed by atoms with Crippen LogP contribution in [0.25, 0.3) is 0 Å². The normalized spacial score (nSPS) is 15.2. The molecular weight excluding hydrogens is 590 g/mol. The summed E-state index contributed by atoms with van der Waals surface area (Å²) in [6.07, 6.45) is 9.73. The van der Waals surface area contributed by atoms with Crippen LogP contribution in [0.3, 0.4) is 0 Å². The Labute approximate surface area is 271 Å². The van der Waals surface area contributed by atoms with Crippen LogP contribution >= 0.6 is 0 Å². The van der Waals surface area contributed by atoms with Gasteiger partial charge in [0.1, 0.15) is 37.8 Å². The molecule has 0 unspecified atom stereocenters. The van der Waals surface area contributed by atoms with Crippen molar-refractivity contribution in [2.75, 3.05) is 39.6 Å². The zero-order valence-corrected chi connectivity index (χ0v) is 26.8. The van der Waals surface area contributed by atoms with E-state index in [0.717, 1.165) is 19.3 Å². The molecule has 3 aromatic carbocycles. The van der Waals surface area contributed by atoms with Crippen molar-refractivity contribution >= 4 is 5.69 Å². The molecule has 250 valence electrons. The Morgan fingerprint density at radius 1 is 0.739 bits per heavy atom. The Morgan fingerprint density at radius 3 is 1.80 bits per heavy atom. The summed E-state index contributed by atoms with van der Waals surface area (Å²) in [6.45, 7) is 3.80. The van der Waals surface area contributed by atoms with Crippen LogP contribution in [0.5, 0.6) is 28.7 Å². The molecule has 3 aromatic rings. The molecule has 0 radical (unpaired) electrons. The summed E-state index contributed by atoms with van der Waals surface area (Å²) in [5, 5.41) is 22.1. The lowest BCUT2D eigenvalue weighted by Gasteiger charge is -2.34. The van der Waals surface area contributed by atoms with E-state index in [9.17, 15) is 15.2 Å². The van der Waals surface area contributed by atoms with Gasteiger partial charge in [-0.15, -0.1) is 0 Å². The van der Waals surface area contributed by atoms with Gasteiger partial charge >= 0.3 is 0 Å². The molecule has 1 aliphatic heterocycles. The molecule has 0 spiro atoms. The van der Waals surface area contributed by atoms with Crippen LogP contribution in [0.1, 0.15) is 70.3 Å². The van der Waals surface area contributed by atoms with Gasteiger partial charge in [-0.2, -0.15) is 0 Å². The van der Waals surface area contributed by atoms with E-state index in [4.69, 9.17) is 28.4 Å². The van der Waals surface area contributed by atoms with Crippen molar-refractivity contribution in [1.82, 2.24) is 0 Å². The fourth-order valence-electron chi connectivity index (χ4n) is 5.27. The number of unbranched alkanes of at least 4 members (excludes halogenated alkanes) is 7. The van der Waals surface area contributed by atoms with Gasteiger partial charge in [0.05, 0.1) is 24.7 Å². The number of para-hydroxylation sites is 4. The van der Waals surface area contributed by atoms with E-state index in [2.05, 4.69) is 6.92 Å². The van der Waals surface area contributed by atoms with Gasteiger partial charge in [-0.3, -0.25) is 10.1 Å². The molecule has 4 rings (SSSR count). The maximum absolute atomic E-state index is 11.5. The second kappa shape index (κ2) is 18.8. The maximum Gasteiger partial charge on any atom is 0.270 e. The van der Waals surface area contributed by atoms with Gasteiger partial charge in [-0.25, -0.2) is 0 Å². The first-order chi connectivity index (χ1) is 22.5. The molecule has 0 atom stereocenters. The SMILES string of the molecule is CCCCCCCCCCC1(OCc2cc([N+](=O)[O-])ccc2O)COc2ccccc2OCCOCCOc2ccccc2OC1. The summed E-state index contributed by atoms with van der Waals surface area (Å²) >= 11 is 0. The number of ether oxygens (including phenoxy) is 6. The van der Waals surface area contributed by atoms with Crippen LogP contribution in [0.15, 0.2) is 66.7 Å². The number of nitro benzene ring substituents is 1. The number of hydrogen-bond donors (Lipinski definition) is 1. The second-order valence-electron chi connectivity index (χ2n) is 11.5. The van der Waals surface area contributed by atoms with E-state index < -0.39 is 10.5 Å². The third kappa shape index (κ3) is 11.1. The standard InChI is InChI=1S/C36H47NO9/c1-2-3-4-5-6-7-8-13-20-36(46-26-29-25-30(37(39)40)18-19-31(29)38)27-44-34-16-11-9-14-32(34)42-23-21-41-22-24-43-33-15-10-12-17-35(33)45-28-36/h9-12,14-19,25,38H,2-8,13,20-24,26-28H2,1H3. The van der Waals surface area contributed by atoms with E-state index in [0.29, 0.717) is 61.4 Å². The number of fused-ring (bicyclic) bond motifs is 2. The fraction of sp³-hybridized carbons (Fsp3) is 0.500. The molecule has 0 amide bonds. The number of aromatic hydroxyl groups is 1. The highest BCUT2D eigenvalue weighted by Gasteiger charge is 2.35. The molecule has 0 fully saturated rings. The van der Waals surface area contributed by atoms with E-state index in [1.54, 1.807) is 0 Å². The van der Waals surface area contributed by atoms with Crippen molar-refractivity contribution in [3.05, 3.63) is 82.4 Å². The predicted molar refractivity (Wildman–Crippen MR) is 175 cm³/mol. The molecule has 0 saturated carbocycles. The Hall–Kier alpha value is -4.02. The van der Waals surface area contributed by atoms with Crippen molar-refractivity contribution in [2.24, 2.45) is 0 Å². The third-order valence-corrected chi connectivity index (χ3v) is 7.94. The fourth-order valence-corrected chi connectivity index (χ4v) is 5.27. The topological polar surface area (TPSA) is 119 Å². The van der Waals surface area contributed by atoms with Crippen molar-refractivity contribution < 1.29 is 38.5 Å². The van der Waals surface area contributed by atoms with E-state index >= 15 is 0 Å². The minimum Gasteiger partial charge on any atom is -0.508 e. The summed E-state index contributed by atoms with van der Waals surface area (Å²) in [7, 11) is 0. The van der Waals surface area contributed by atoms with Gasteiger partial charge in [0, 0.05) is 17.7 Å². The molecule has 0 bridgehead atoms. The number of rotatable bonds is 13. The van der Waals surface area contributed by atoms with Crippen LogP contribution in [0.2, 0.25) is 0 Å². The first-order valence-corrected chi connectivity index (χ1v) is 16.4. The molecule has 0 aromatic heterocycles. The molecule has 1 aliphatic rings. The van der Waals surface area contributed by atoms with Gasteiger partial charge in [-0.05, 0) is 36.8 Å². The highest BCUT2D eigenvalue weighted by molar-refractivity contribution is 5.43. The number of benzene rings is 3. The van der Waals surface area contributed by atoms with Crippen LogP contribution in [-0.2, 0) is 16.1 Å². The summed E-state index contributed by atoms with van der Waals surface area (Å²) in [5.74, 6) is 2.19. The van der Waals surface area contributed by atoms with Gasteiger partial charge in [-0.1, -0.05) is 82.6 Å². The van der Waals surface area contributed by atoms with Crippen molar-refractivity contribution in [3.63, 3.8) is 0 Å². The highest BCUT2D eigenvalue weighted by Crippen LogP contribution is 2.34. The third-order valence-electron chi connectivity index (χ3n) is 7.94. The van der Waals surface area contributed by atoms with Gasteiger partial charge in [0.15, 0.2) is 23.0 Å². The summed E-state index contributed by atoms with van der Waals surface area (Å²) < 4.78 is 37.1. The molecule has 1 N–H and O–H groups in total. The molecule has 0 aliphatic carbocycles. The van der Waals surface area contributed by atoms with Crippen molar-refractivity contribution in [1.29, 1.82) is 0 Å². The second-order valence-corrected chi connectivity index (χ2v) is 11.5.